The monoisotopic (exact) mass is 395 g/mol. The van der Waals surface area contributed by atoms with Crippen LogP contribution in [0.25, 0.3) is 0 Å². The molecule has 150 valence electrons. The Morgan fingerprint density at radius 3 is 2.57 bits per heavy atom. The van der Waals surface area contributed by atoms with Crippen molar-refractivity contribution >= 4 is 17.4 Å². The van der Waals surface area contributed by atoms with Crippen LogP contribution in [0, 0.1) is 5.92 Å². The lowest BCUT2D eigenvalue weighted by Gasteiger charge is -2.27. The highest BCUT2D eigenvalue weighted by atomic mass is 19.4. The van der Waals surface area contributed by atoms with E-state index in [4.69, 9.17) is 0 Å². The minimum atomic E-state index is -4.55. The Labute approximate surface area is 159 Å². The molecule has 3 N–H and O–H groups in total. The zero-order valence-corrected chi connectivity index (χ0v) is 14.9. The van der Waals surface area contributed by atoms with Gasteiger partial charge in [0.2, 0.25) is 0 Å². The van der Waals surface area contributed by atoms with Crippen LogP contribution in [0.3, 0.4) is 0 Å². The lowest BCUT2D eigenvalue weighted by atomic mass is 9.86. The van der Waals surface area contributed by atoms with E-state index in [-0.39, 0.29) is 23.1 Å². The summed E-state index contributed by atoms with van der Waals surface area (Å²) in [6.45, 7) is 0.446. The number of rotatable bonds is 5. The number of nitrogens with one attached hydrogen (secondary N) is 2. The maximum Gasteiger partial charge on any atom is 0.433 e. The Bertz CT molecular complexity index is 814. The number of aliphatic hydroxyl groups is 1. The van der Waals surface area contributed by atoms with Gasteiger partial charge in [0.25, 0.3) is 5.91 Å². The van der Waals surface area contributed by atoms with Gasteiger partial charge in [-0.1, -0.05) is 12.8 Å². The molecule has 1 fully saturated rings. The number of pyridine rings is 1. The van der Waals surface area contributed by atoms with Gasteiger partial charge >= 0.3 is 6.18 Å². The van der Waals surface area contributed by atoms with Crippen LogP contribution in [0.4, 0.5) is 24.7 Å². The van der Waals surface area contributed by atoms with Crippen molar-refractivity contribution in [1.82, 2.24) is 15.0 Å². The first-order valence-corrected chi connectivity index (χ1v) is 8.92. The van der Waals surface area contributed by atoms with Crippen molar-refractivity contribution in [3.8, 4) is 0 Å². The molecular formula is C18H20F3N5O2. The summed E-state index contributed by atoms with van der Waals surface area (Å²) >= 11 is 0. The van der Waals surface area contributed by atoms with Crippen molar-refractivity contribution < 1.29 is 23.1 Å². The van der Waals surface area contributed by atoms with E-state index in [1.54, 1.807) is 0 Å². The average Bonchev–Trinajstić information content (AvgIpc) is 2.67. The molecule has 1 aliphatic carbocycles. The van der Waals surface area contributed by atoms with Crippen molar-refractivity contribution in [2.75, 3.05) is 17.2 Å². The molecule has 0 saturated heterocycles. The van der Waals surface area contributed by atoms with Gasteiger partial charge in [-0.15, -0.1) is 0 Å². The number of halogens is 3. The minimum absolute atomic E-state index is 0.00713. The number of hydrogen-bond acceptors (Lipinski definition) is 6. The zero-order chi connectivity index (χ0) is 20.1. The molecule has 2 aromatic heterocycles. The SMILES string of the molecule is O=C(Nc1ccc(C(F)(F)F)nc1)c1nccnc1NCC1CCCC[C@@H]1O. The number of amides is 1. The highest BCUT2D eigenvalue weighted by Crippen LogP contribution is 2.28. The molecule has 3 rings (SSSR count). The maximum absolute atomic E-state index is 12.6. The molecule has 1 unspecified atom stereocenters. The number of aliphatic hydroxyl groups excluding tert-OH is 1. The van der Waals surface area contributed by atoms with Crippen molar-refractivity contribution in [2.24, 2.45) is 5.92 Å². The zero-order valence-electron chi connectivity index (χ0n) is 14.9. The smallest absolute Gasteiger partial charge is 0.393 e. The summed E-state index contributed by atoms with van der Waals surface area (Å²) in [6.07, 6.45) is 2.44. The van der Waals surface area contributed by atoms with E-state index in [0.717, 1.165) is 44.0 Å². The van der Waals surface area contributed by atoms with Crippen LogP contribution in [-0.4, -0.2) is 38.6 Å². The van der Waals surface area contributed by atoms with Crippen molar-refractivity contribution in [2.45, 2.75) is 38.0 Å². The number of alkyl halides is 3. The predicted molar refractivity (Wildman–Crippen MR) is 95.7 cm³/mol. The molecule has 1 amide bonds. The van der Waals surface area contributed by atoms with Crippen LogP contribution in [0.2, 0.25) is 0 Å². The third-order valence-electron chi connectivity index (χ3n) is 4.63. The molecule has 28 heavy (non-hydrogen) atoms. The second-order valence-electron chi connectivity index (χ2n) is 6.63. The summed E-state index contributed by atoms with van der Waals surface area (Å²) in [5.41, 5.74) is -0.927. The Hall–Kier alpha value is -2.75. The van der Waals surface area contributed by atoms with Crippen LogP contribution >= 0.6 is 0 Å². The van der Waals surface area contributed by atoms with Crippen LogP contribution in [0.5, 0.6) is 0 Å². The Balaban J connectivity index is 1.67. The summed E-state index contributed by atoms with van der Waals surface area (Å²) in [6, 6.07) is 1.91. The quantitative estimate of drug-likeness (QED) is 0.719. The Morgan fingerprint density at radius 2 is 1.89 bits per heavy atom. The fourth-order valence-corrected chi connectivity index (χ4v) is 3.11. The van der Waals surface area contributed by atoms with Crippen LogP contribution in [0.15, 0.2) is 30.7 Å². The fourth-order valence-electron chi connectivity index (χ4n) is 3.11. The van der Waals surface area contributed by atoms with Crippen molar-refractivity contribution in [3.63, 3.8) is 0 Å². The molecule has 2 heterocycles. The van der Waals surface area contributed by atoms with Crippen LogP contribution in [0.1, 0.15) is 41.9 Å². The van der Waals surface area contributed by atoms with Gasteiger partial charge in [0, 0.05) is 24.9 Å². The number of nitrogens with zero attached hydrogens (tertiary/aromatic N) is 3. The van der Waals surface area contributed by atoms with Gasteiger partial charge in [-0.05, 0) is 25.0 Å². The molecule has 0 aliphatic heterocycles. The van der Waals surface area contributed by atoms with Gasteiger partial charge in [0.15, 0.2) is 11.5 Å². The first-order chi connectivity index (χ1) is 13.3. The van der Waals surface area contributed by atoms with Gasteiger partial charge in [-0.3, -0.25) is 4.79 Å². The molecule has 1 saturated carbocycles. The highest BCUT2D eigenvalue weighted by Gasteiger charge is 2.32. The molecule has 0 bridgehead atoms. The number of aromatic nitrogens is 3. The van der Waals surface area contributed by atoms with Gasteiger partial charge in [0.1, 0.15) is 5.69 Å². The van der Waals surface area contributed by atoms with E-state index in [2.05, 4.69) is 25.6 Å². The van der Waals surface area contributed by atoms with Crippen LogP contribution in [-0.2, 0) is 6.18 Å². The molecule has 0 spiro atoms. The molecule has 1 aliphatic rings. The van der Waals surface area contributed by atoms with E-state index >= 15 is 0 Å². The number of anilines is 2. The fraction of sp³-hybridized carbons (Fsp3) is 0.444. The topological polar surface area (TPSA) is 100 Å². The third-order valence-corrected chi connectivity index (χ3v) is 4.63. The normalized spacial score (nSPS) is 19.9. The standard InChI is InChI=1S/C18H20F3N5O2/c19-18(20,21)14-6-5-12(10-24-14)26-17(28)15-16(23-8-7-22-15)25-9-11-3-1-2-4-13(11)27/h5-8,10-11,13,27H,1-4,9H2,(H,23,25)(H,26,28)/t11?,13-/m0/s1. The Kier molecular flexibility index (Phi) is 6.08. The molecule has 0 aromatic carbocycles. The minimum Gasteiger partial charge on any atom is -0.393 e. The maximum atomic E-state index is 12.6. The molecule has 7 nitrogen and oxygen atoms in total. The summed E-state index contributed by atoms with van der Waals surface area (Å²) in [5, 5.41) is 15.6. The van der Waals surface area contributed by atoms with Gasteiger partial charge < -0.3 is 15.7 Å². The van der Waals surface area contributed by atoms with E-state index in [1.165, 1.54) is 12.4 Å². The van der Waals surface area contributed by atoms with Crippen molar-refractivity contribution in [3.05, 3.63) is 42.1 Å². The van der Waals surface area contributed by atoms with Crippen LogP contribution < -0.4 is 10.6 Å². The van der Waals surface area contributed by atoms with E-state index in [1.807, 2.05) is 0 Å². The molecule has 0 radical (unpaired) electrons. The van der Waals surface area contributed by atoms with Gasteiger partial charge in [-0.2, -0.15) is 13.2 Å². The third kappa shape index (κ3) is 4.94. The lowest BCUT2D eigenvalue weighted by Crippen LogP contribution is -2.31. The van der Waals surface area contributed by atoms with E-state index in [0.29, 0.717) is 6.54 Å². The second-order valence-corrected chi connectivity index (χ2v) is 6.63. The molecule has 10 heteroatoms. The second kappa shape index (κ2) is 8.51. The summed E-state index contributed by atoms with van der Waals surface area (Å²) in [4.78, 5) is 23.9. The first kappa shape index (κ1) is 20.0. The first-order valence-electron chi connectivity index (χ1n) is 8.92. The van der Waals surface area contributed by atoms with E-state index in [9.17, 15) is 23.1 Å². The molecule has 2 atom stereocenters. The predicted octanol–water partition coefficient (Wildman–Crippen LogP) is 3.11. The van der Waals surface area contributed by atoms with E-state index < -0.39 is 23.9 Å². The lowest BCUT2D eigenvalue weighted by molar-refractivity contribution is -0.141. The summed E-state index contributed by atoms with van der Waals surface area (Å²) in [7, 11) is 0. The Morgan fingerprint density at radius 1 is 1.14 bits per heavy atom. The average molecular weight is 395 g/mol. The van der Waals surface area contributed by atoms with Gasteiger partial charge in [0.05, 0.1) is 18.0 Å². The van der Waals surface area contributed by atoms with Crippen molar-refractivity contribution in [1.29, 1.82) is 0 Å². The summed E-state index contributed by atoms with van der Waals surface area (Å²) < 4.78 is 37.7. The molecule has 2 aromatic rings. The number of hydrogen-bond donors (Lipinski definition) is 3. The number of carbonyl (C=O) groups is 1. The van der Waals surface area contributed by atoms with Gasteiger partial charge in [-0.25, -0.2) is 15.0 Å². The highest BCUT2D eigenvalue weighted by molar-refractivity contribution is 6.05. The number of carbonyl (C=O) groups excluding carboxylic acids is 1. The summed E-state index contributed by atoms with van der Waals surface area (Å²) in [5.74, 6) is -0.315. The molecular weight excluding hydrogens is 375 g/mol. The largest absolute Gasteiger partial charge is 0.433 e.